The fraction of sp³-hybridized carbons (Fsp3) is 0.405. The molecule has 0 atom stereocenters. The van der Waals surface area contributed by atoms with Crippen molar-refractivity contribution in [2.24, 2.45) is 0 Å². The van der Waals surface area contributed by atoms with Gasteiger partial charge in [0.2, 0.25) is 5.69 Å². The molecule has 3 N–H and O–H groups in total. The second-order valence-electron chi connectivity index (χ2n) is 14.6. The molecule has 0 saturated carbocycles. The molecule has 0 unspecified atom stereocenters. The number of nitrogens with zero attached hydrogens (tertiary/aromatic N) is 2. The van der Waals surface area contributed by atoms with Crippen molar-refractivity contribution >= 4 is 65.0 Å². The number of allylic oxidation sites excluding steroid dienone is 8. The van der Waals surface area contributed by atoms with Gasteiger partial charge in [-0.1, -0.05) is 37.6 Å². The summed E-state index contributed by atoms with van der Waals surface area (Å²) >= 11 is 7.04. The van der Waals surface area contributed by atoms with Crippen molar-refractivity contribution in [1.82, 2.24) is 0 Å². The van der Waals surface area contributed by atoms with E-state index in [2.05, 4.69) is 0 Å². The SMILES string of the molecule is CC1(C)C(/C=C/C2=C(Cl)C(=C/C=C3/N(CCC(=O)O)c4ccc(S(=O)(=O)O)cc4C3(C)C)/CCC2)=[N+](CCCCS(=O)(=O)[O-])c2ccc(S(=O)(=O)O)cc21. The zero-order chi connectivity index (χ0) is 40.0. The second-order valence-corrected chi connectivity index (χ2v) is 19.4. The monoisotopic (exact) mass is 822 g/mol. The van der Waals surface area contributed by atoms with Gasteiger partial charge in [-0.25, -0.2) is 8.42 Å². The summed E-state index contributed by atoms with van der Waals surface area (Å²) in [5.74, 6) is -1.51. The van der Waals surface area contributed by atoms with Crippen LogP contribution in [0.25, 0.3) is 0 Å². The highest BCUT2D eigenvalue weighted by atomic mass is 35.5. The van der Waals surface area contributed by atoms with E-state index in [9.17, 15) is 48.8 Å². The average molecular weight is 823 g/mol. The van der Waals surface area contributed by atoms with Crippen molar-refractivity contribution in [2.45, 2.75) is 86.8 Å². The quantitative estimate of drug-likeness (QED) is 0.117. The summed E-state index contributed by atoms with van der Waals surface area (Å²) in [4.78, 5) is 12.9. The van der Waals surface area contributed by atoms with E-state index < -0.39 is 52.9 Å². The zero-order valence-corrected chi connectivity index (χ0v) is 33.4. The molecule has 2 heterocycles. The number of anilines is 1. The summed E-state index contributed by atoms with van der Waals surface area (Å²) in [6, 6.07) is 8.57. The summed E-state index contributed by atoms with van der Waals surface area (Å²) in [5.41, 5.74) is 4.20. The maximum absolute atomic E-state index is 12.0. The molecule has 0 fully saturated rings. The first-order chi connectivity index (χ1) is 24.9. The lowest BCUT2D eigenvalue weighted by molar-refractivity contribution is -0.438. The lowest BCUT2D eigenvalue weighted by Gasteiger charge is -2.27. The summed E-state index contributed by atoms with van der Waals surface area (Å²) in [6.07, 6.45) is 9.92. The highest BCUT2D eigenvalue weighted by molar-refractivity contribution is 7.86. The predicted molar refractivity (Wildman–Crippen MR) is 204 cm³/mol. The predicted octanol–water partition coefficient (Wildman–Crippen LogP) is 6.20. The Morgan fingerprint density at radius 1 is 0.889 bits per heavy atom. The van der Waals surface area contributed by atoms with Crippen molar-refractivity contribution in [3.63, 3.8) is 0 Å². The normalized spacial score (nSPS) is 20.0. The molecule has 0 aromatic heterocycles. The van der Waals surface area contributed by atoms with Gasteiger partial charge in [0, 0.05) is 58.3 Å². The standard InChI is InChI=1S/C37H43ClN2O11S3/c1-36(2)28-22-26(53(46,47)48)12-14-30(28)39(19-5-6-21-52(43,44)45)32(36)16-10-24-8-7-9-25(35(24)38)11-17-33-37(3,4)29-23-27(54(49,50)51)13-15-31(29)40(33)20-18-34(41)42/h10-17,22-23H,5-9,18-21H2,1-4H3,(H3-,41,42,43,44,45,46,47,48,49,50,51). The molecular weight excluding hydrogens is 780 g/mol. The second kappa shape index (κ2) is 15.1. The van der Waals surface area contributed by atoms with E-state index in [1.54, 1.807) is 12.1 Å². The lowest BCUT2D eigenvalue weighted by Crippen LogP contribution is -2.28. The van der Waals surface area contributed by atoms with Gasteiger partial charge in [0.25, 0.3) is 20.2 Å². The van der Waals surface area contributed by atoms with Crippen LogP contribution < -0.4 is 4.90 Å². The van der Waals surface area contributed by atoms with E-state index in [1.165, 1.54) is 24.3 Å². The zero-order valence-electron chi connectivity index (χ0n) is 30.2. The van der Waals surface area contributed by atoms with Crippen molar-refractivity contribution < 1.29 is 53.4 Å². The van der Waals surface area contributed by atoms with Gasteiger partial charge < -0.3 is 14.6 Å². The minimum atomic E-state index is -4.49. The van der Waals surface area contributed by atoms with Gasteiger partial charge in [0.1, 0.15) is 6.54 Å². The Balaban J connectivity index is 1.53. The van der Waals surface area contributed by atoms with Gasteiger partial charge in [-0.05, 0) is 92.6 Å². The van der Waals surface area contributed by atoms with Gasteiger partial charge in [-0.3, -0.25) is 13.9 Å². The van der Waals surface area contributed by atoms with Crippen LogP contribution in [0.3, 0.4) is 0 Å². The maximum Gasteiger partial charge on any atom is 0.305 e. The molecule has 0 spiro atoms. The molecule has 54 heavy (non-hydrogen) atoms. The molecule has 17 heteroatoms. The van der Waals surface area contributed by atoms with Crippen molar-refractivity contribution in [1.29, 1.82) is 0 Å². The summed E-state index contributed by atoms with van der Waals surface area (Å²) in [5, 5.41) is 9.99. The van der Waals surface area contributed by atoms with E-state index in [0.717, 1.165) is 29.0 Å². The molecule has 1 aliphatic carbocycles. The number of fused-ring (bicyclic) bond motifs is 2. The number of carboxylic acids is 1. The summed E-state index contributed by atoms with van der Waals surface area (Å²) in [6.45, 7) is 8.05. The van der Waals surface area contributed by atoms with Crippen molar-refractivity contribution in [3.05, 3.63) is 93.7 Å². The first kappa shape index (κ1) is 41.5. The highest BCUT2D eigenvalue weighted by Crippen LogP contribution is 2.49. The fourth-order valence-electron chi connectivity index (χ4n) is 7.44. The van der Waals surface area contributed by atoms with Crippen LogP contribution in [0.15, 0.2) is 92.4 Å². The Morgan fingerprint density at radius 3 is 2.13 bits per heavy atom. The van der Waals surface area contributed by atoms with E-state index in [-0.39, 0.29) is 29.2 Å². The lowest BCUT2D eigenvalue weighted by atomic mass is 9.81. The largest absolute Gasteiger partial charge is 0.748 e. The van der Waals surface area contributed by atoms with Gasteiger partial charge in [0.05, 0.1) is 31.7 Å². The summed E-state index contributed by atoms with van der Waals surface area (Å²) < 4.78 is 103. The van der Waals surface area contributed by atoms with Crippen LogP contribution in [-0.4, -0.2) is 79.1 Å². The number of unbranched alkanes of at least 4 members (excludes halogenated alkanes) is 1. The minimum absolute atomic E-state index is 0.120. The Bertz CT molecular complexity index is 2390. The van der Waals surface area contributed by atoms with Crippen molar-refractivity contribution in [3.8, 4) is 0 Å². The number of carbonyl (C=O) groups is 1. The topological polar surface area (TPSA) is 209 Å². The van der Waals surface area contributed by atoms with Crippen LogP contribution in [0.5, 0.6) is 0 Å². The van der Waals surface area contributed by atoms with Crippen LogP contribution in [0.4, 0.5) is 11.4 Å². The van der Waals surface area contributed by atoms with Crippen LogP contribution in [0.1, 0.15) is 77.3 Å². The van der Waals surface area contributed by atoms with Gasteiger partial charge in [-0.15, -0.1) is 0 Å². The maximum atomic E-state index is 12.0. The third kappa shape index (κ3) is 8.75. The molecule has 13 nitrogen and oxygen atoms in total. The number of rotatable bonds is 13. The van der Waals surface area contributed by atoms with Crippen molar-refractivity contribution in [2.75, 3.05) is 23.7 Å². The molecule has 292 valence electrons. The molecule has 2 aromatic rings. The van der Waals surface area contributed by atoms with E-state index in [4.69, 9.17) is 11.6 Å². The number of carboxylic acid groups (broad SMARTS) is 1. The molecule has 2 aromatic carbocycles. The highest BCUT2D eigenvalue weighted by Gasteiger charge is 2.45. The average Bonchev–Trinajstić information content (AvgIpc) is 3.40. The van der Waals surface area contributed by atoms with Crippen LogP contribution in [0.2, 0.25) is 0 Å². The fourth-order valence-corrected chi connectivity index (χ4v) is 9.32. The van der Waals surface area contributed by atoms with Gasteiger partial charge >= 0.3 is 5.97 Å². The molecule has 0 bridgehead atoms. The van der Waals surface area contributed by atoms with E-state index in [1.807, 2.05) is 61.5 Å². The first-order valence-corrected chi connectivity index (χ1v) is 22.1. The van der Waals surface area contributed by atoms with Gasteiger partial charge in [-0.2, -0.15) is 21.4 Å². The molecule has 3 aliphatic rings. The third-order valence-corrected chi connectivity index (χ3v) is 13.2. The van der Waals surface area contributed by atoms with Crippen LogP contribution in [-0.2, 0) is 46.0 Å². The molecule has 0 radical (unpaired) electrons. The van der Waals surface area contributed by atoms with Crippen LogP contribution >= 0.6 is 11.6 Å². The molecule has 5 rings (SSSR count). The van der Waals surface area contributed by atoms with Gasteiger partial charge in [0.15, 0.2) is 5.71 Å². The Hall–Kier alpha value is -3.64. The molecule has 0 saturated heterocycles. The number of aliphatic carboxylic acids is 1. The smallest absolute Gasteiger partial charge is 0.305 e. The molecule has 2 aliphatic heterocycles. The molecular formula is C37H43ClN2O11S3. The number of hydrogen-bond donors (Lipinski definition) is 3. The first-order valence-electron chi connectivity index (χ1n) is 17.2. The Morgan fingerprint density at radius 2 is 1.52 bits per heavy atom. The van der Waals surface area contributed by atoms with E-state index in [0.29, 0.717) is 53.3 Å². The number of hydrogen-bond acceptors (Lipinski definition) is 9. The minimum Gasteiger partial charge on any atom is -0.748 e. The summed E-state index contributed by atoms with van der Waals surface area (Å²) in [7, 11) is -13.4. The number of benzene rings is 2. The third-order valence-electron chi connectivity index (χ3n) is 10.2. The number of halogens is 1. The van der Waals surface area contributed by atoms with Crippen LogP contribution in [0, 0.1) is 0 Å². The molecule has 0 amide bonds. The van der Waals surface area contributed by atoms with E-state index >= 15 is 0 Å². The Kier molecular flexibility index (Phi) is 11.6. The Labute approximate surface area is 321 Å².